The summed E-state index contributed by atoms with van der Waals surface area (Å²) < 4.78 is 0. The molecule has 0 radical (unpaired) electrons. The van der Waals surface area contributed by atoms with E-state index in [1.165, 1.54) is 83.5 Å². The van der Waals surface area contributed by atoms with Gasteiger partial charge in [-0.25, -0.2) is 0 Å². The van der Waals surface area contributed by atoms with E-state index in [1.807, 2.05) is 0 Å². The lowest BCUT2D eigenvalue weighted by Crippen LogP contribution is -2.22. The van der Waals surface area contributed by atoms with Crippen LogP contribution in [0.5, 0.6) is 0 Å². The van der Waals surface area contributed by atoms with Crippen LogP contribution in [0.1, 0.15) is 193 Å². The summed E-state index contributed by atoms with van der Waals surface area (Å²) in [6.07, 6.45) is 46.6. The Morgan fingerprint density at radius 1 is 0.139 bits per heavy atom. The van der Waals surface area contributed by atoms with E-state index in [9.17, 15) is 0 Å². The Labute approximate surface area is 227 Å². The predicted molar refractivity (Wildman–Crippen MR) is 159 cm³/mol. The van der Waals surface area contributed by atoms with Crippen molar-refractivity contribution in [1.82, 2.24) is 0 Å². The molecule has 0 bridgehead atoms. The smallest absolute Gasteiger partial charge is 0.0386 e. The van der Waals surface area contributed by atoms with Crippen LogP contribution < -0.4 is 0 Å². The molecule has 0 heterocycles. The van der Waals surface area contributed by atoms with Gasteiger partial charge in [-0.15, -0.1) is 0 Å². The molecule has 4 aliphatic rings. The molecule has 0 aromatic heterocycles. The molecule has 0 aromatic rings. The first kappa shape index (κ1) is 29.0. The lowest BCUT2D eigenvalue weighted by molar-refractivity contribution is 0.172. The molecule has 0 saturated heterocycles. The van der Waals surface area contributed by atoms with Crippen molar-refractivity contribution in [2.24, 2.45) is 35.5 Å². The zero-order valence-electron chi connectivity index (χ0n) is 24.7. The van der Waals surface area contributed by atoms with Crippen molar-refractivity contribution in [3.63, 3.8) is 0 Å². The molecule has 0 N–H and O–H groups in total. The zero-order chi connectivity index (χ0) is 24.7. The highest BCUT2D eigenvalue weighted by Gasteiger charge is 2.28. The van der Waals surface area contributed by atoms with Crippen LogP contribution >= 0.6 is 0 Å². The summed E-state index contributed by atoms with van der Waals surface area (Å²) in [5, 5.41) is 0. The molecule has 4 saturated carbocycles. The summed E-state index contributed by atoms with van der Waals surface area (Å²) in [7, 11) is 0. The van der Waals surface area contributed by atoms with Crippen molar-refractivity contribution in [2.75, 3.05) is 0 Å². The molecule has 4 aliphatic carbocycles. The largest absolute Gasteiger partial charge is 0.0533 e. The Morgan fingerprint density at radius 2 is 0.278 bits per heavy atom. The molecule has 6 atom stereocenters. The maximum Gasteiger partial charge on any atom is -0.0386 e. The van der Waals surface area contributed by atoms with E-state index < -0.39 is 0 Å². The summed E-state index contributed by atoms with van der Waals surface area (Å²) in [6.45, 7) is 0. The SMILES string of the molecule is C1CCCCC2CCCC3CCCCCC4CCCCCCCC4CCCC3CCCC2CCCC1. The van der Waals surface area contributed by atoms with Crippen LogP contribution in [0.3, 0.4) is 0 Å². The van der Waals surface area contributed by atoms with Gasteiger partial charge in [0.05, 0.1) is 0 Å². The van der Waals surface area contributed by atoms with E-state index in [1.54, 1.807) is 109 Å². The second-order valence-corrected chi connectivity index (χ2v) is 14.4. The van der Waals surface area contributed by atoms with E-state index in [0.29, 0.717) is 0 Å². The molecule has 0 aliphatic heterocycles. The van der Waals surface area contributed by atoms with Crippen LogP contribution in [0.25, 0.3) is 0 Å². The van der Waals surface area contributed by atoms with Crippen molar-refractivity contribution >= 4 is 0 Å². The Kier molecular flexibility index (Phi) is 14.1. The number of rotatable bonds is 0. The fraction of sp³-hybridized carbons (Fsp3) is 1.00. The molecule has 0 heteroatoms. The Bertz CT molecular complexity index is 536. The quantitative estimate of drug-likeness (QED) is 0.311. The van der Waals surface area contributed by atoms with Crippen molar-refractivity contribution in [3.8, 4) is 0 Å². The molecule has 0 nitrogen and oxygen atoms in total. The summed E-state index contributed by atoms with van der Waals surface area (Å²) in [5.74, 6) is 6.44. The van der Waals surface area contributed by atoms with Crippen molar-refractivity contribution in [3.05, 3.63) is 0 Å². The van der Waals surface area contributed by atoms with Crippen LogP contribution in [0.2, 0.25) is 0 Å². The molecule has 0 amide bonds. The third kappa shape index (κ3) is 10.3. The molecule has 210 valence electrons. The van der Waals surface area contributed by atoms with Gasteiger partial charge < -0.3 is 0 Å². The van der Waals surface area contributed by atoms with E-state index in [-0.39, 0.29) is 0 Å². The monoisotopic (exact) mass is 499 g/mol. The highest BCUT2D eigenvalue weighted by Crippen LogP contribution is 2.41. The Morgan fingerprint density at radius 3 is 0.500 bits per heavy atom. The highest BCUT2D eigenvalue weighted by atomic mass is 14.3. The summed E-state index contributed by atoms with van der Waals surface area (Å²) in [6, 6.07) is 0. The normalized spacial score (nSPS) is 38.0. The lowest BCUT2D eigenvalue weighted by atomic mass is 9.71. The highest BCUT2D eigenvalue weighted by molar-refractivity contribution is 4.80. The fourth-order valence-corrected chi connectivity index (χ4v) is 9.65. The van der Waals surface area contributed by atoms with Gasteiger partial charge in [-0.3, -0.25) is 0 Å². The fourth-order valence-electron chi connectivity index (χ4n) is 9.65. The van der Waals surface area contributed by atoms with Crippen LogP contribution in [0.4, 0.5) is 0 Å². The van der Waals surface area contributed by atoms with Gasteiger partial charge in [0.2, 0.25) is 0 Å². The van der Waals surface area contributed by atoms with Crippen LogP contribution in [-0.2, 0) is 0 Å². The minimum absolute atomic E-state index is 1.07. The minimum atomic E-state index is 1.07. The van der Waals surface area contributed by atoms with Gasteiger partial charge in [0.25, 0.3) is 0 Å². The van der Waals surface area contributed by atoms with E-state index >= 15 is 0 Å². The van der Waals surface area contributed by atoms with Crippen molar-refractivity contribution in [1.29, 1.82) is 0 Å². The molecule has 0 spiro atoms. The third-order valence-corrected chi connectivity index (χ3v) is 11.9. The second kappa shape index (κ2) is 17.6. The van der Waals surface area contributed by atoms with Crippen LogP contribution in [-0.4, -0.2) is 0 Å². The van der Waals surface area contributed by atoms with E-state index in [0.717, 1.165) is 35.5 Å². The van der Waals surface area contributed by atoms with Crippen molar-refractivity contribution < 1.29 is 0 Å². The molecular weight excluding hydrogens is 432 g/mol. The number of fused-ring (bicyclic) bond motifs is 3. The molecular formula is C36H66. The first-order valence-electron chi connectivity index (χ1n) is 17.9. The van der Waals surface area contributed by atoms with Gasteiger partial charge in [0.1, 0.15) is 0 Å². The summed E-state index contributed by atoms with van der Waals surface area (Å²) in [5.41, 5.74) is 0. The number of hydrogen-bond acceptors (Lipinski definition) is 0. The number of hydrogen-bond donors (Lipinski definition) is 0. The molecule has 0 aromatic carbocycles. The van der Waals surface area contributed by atoms with Gasteiger partial charge in [-0.2, -0.15) is 0 Å². The molecule has 36 heavy (non-hydrogen) atoms. The Hall–Kier alpha value is 0. The second-order valence-electron chi connectivity index (χ2n) is 14.4. The van der Waals surface area contributed by atoms with Crippen molar-refractivity contribution in [2.45, 2.75) is 193 Å². The minimum Gasteiger partial charge on any atom is -0.0533 e. The van der Waals surface area contributed by atoms with Crippen LogP contribution in [0, 0.1) is 35.5 Å². The predicted octanol–water partition coefficient (Wildman–Crippen LogP) is 12.4. The first-order chi connectivity index (χ1) is 17.9. The maximum atomic E-state index is 1.59. The van der Waals surface area contributed by atoms with Gasteiger partial charge in [-0.05, 0) is 35.5 Å². The van der Waals surface area contributed by atoms with Gasteiger partial charge in [0, 0.05) is 0 Å². The third-order valence-electron chi connectivity index (χ3n) is 11.9. The van der Waals surface area contributed by atoms with E-state index in [4.69, 9.17) is 0 Å². The van der Waals surface area contributed by atoms with Gasteiger partial charge >= 0.3 is 0 Å². The lowest BCUT2D eigenvalue weighted by Gasteiger charge is -2.34. The summed E-state index contributed by atoms with van der Waals surface area (Å²) >= 11 is 0. The average molecular weight is 499 g/mol. The molecule has 6 unspecified atom stereocenters. The topological polar surface area (TPSA) is 0 Å². The summed E-state index contributed by atoms with van der Waals surface area (Å²) in [4.78, 5) is 0. The zero-order valence-corrected chi connectivity index (χ0v) is 24.7. The van der Waals surface area contributed by atoms with E-state index in [2.05, 4.69) is 0 Å². The standard InChI is InChI=1S/C36H66/c1-2-5-10-21-33-26-16-28-35-24-15-9-14-23-31-19-12-7-4-8-13-20-32(31)25-17-29-36(35)30-18-27-34(33)22-11-6-3-1/h31-36H,1-30H2. The van der Waals surface area contributed by atoms with Crippen LogP contribution in [0.15, 0.2) is 0 Å². The maximum absolute atomic E-state index is 1.59. The van der Waals surface area contributed by atoms with Gasteiger partial charge in [-0.1, -0.05) is 193 Å². The molecule has 4 rings (SSSR count). The van der Waals surface area contributed by atoms with Gasteiger partial charge in [0.15, 0.2) is 0 Å². The first-order valence-corrected chi connectivity index (χ1v) is 17.9. The average Bonchev–Trinajstić information content (AvgIpc) is 2.95. The Balaban J connectivity index is 1.35. The molecule has 4 fully saturated rings.